The molecule has 2 N–H and O–H groups in total. The molecule has 100 valence electrons. The van der Waals surface area contributed by atoms with Gasteiger partial charge in [0, 0.05) is 11.5 Å². The van der Waals surface area contributed by atoms with E-state index >= 15 is 0 Å². The maximum Gasteiger partial charge on any atom is 0.130 e. The summed E-state index contributed by atoms with van der Waals surface area (Å²) in [7, 11) is 0. The summed E-state index contributed by atoms with van der Waals surface area (Å²) in [5, 5.41) is 8.87. The normalized spacial score (nSPS) is 16.9. The molecule has 0 saturated heterocycles. The first kappa shape index (κ1) is 12.7. The number of benzene rings is 2. The Morgan fingerprint density at radius 1 is 1.20 bits per heavy atom. The van der Waals surface area contributed by atoms with Crippen LogP contribution in [0, 0.1) is 11.3 Å². The largest absolute Gasteiger partial charge is 0.493 e. The van der Waals surface area contributed by atoms with Gasteiger partial charge in [0.2, 0.25) is 0 Å². The van der Waals surface area contributed by atoms with Crippen molar-refractivity contribution in [3.8, 4) is 22.9 Å². The first-order valence-corrected chi connectivity index (χ1v) is 6.80. The number of hydrogen-bond acceptors (Lipinski definition) is 3. The van der Waals surface area contributed by atoms with Crippen LogP contribution in [0.25, 0.3) is 11.1 Å². The standard InChI is InChI=1S/C17H16N2O/c18-10-12-4-6-13(7-5-12)15-2-1-3-16-14(11-19)8-9-20-17(15)16/h1-7,14H,8-9,11,19H2/t14-/m0/s1. The number of nitrogens with zero attached hydrogens (tertiary/aromatic N) is 1. The van der Waals surface area contributed by atoms with Crippen LogP contribution in [0.15, 0.2) is 42.5 Å². The van der Waals surface area contributed by atoms with Gasteiger partial charge in [0.05, 0.1) is 18.2 Å². The molecule has 3 rings (SSSR count). The van der Waals surface area contributed by atoms with Crippen molar-refractivity contribution in [3.05, 3.63) is 53.6 Å². The van der Waals surface area contributed by atoms with Crippen LogP contribution in [-0.4, -0.2) is 13.2 Å². The fourth-order valence-electron chi connectivity index (χ4n) is 2.69. The SMILES string of the molecule is N#Cc1ccc(-c2cccc3c2OCC[C@H]3CN)cc1. The van der Waals surface area contributed by atoms with Crippen molar-refractivity contribution in [3.63, 3.8) is 0 Å². The molecule has 2 aromatic carbocycles. The summed E-state index contributed by atoms with van der Waals surface area (Å²) in [6.45, 7) is 1.36. The van der Waals surface area contributed by atoms with Gasteiger partial charge >= 0.3 is 0 Å². The van der Waals surface area contributed by atoms with Crippen LogP contribution in [0.1, 0.15) is 23.5 Å². The van der Waals surface area contributed by atoms with E-state index in [1.165, 1.54) is 5.56 Å². The third-order valence-electron chi connectivity index (χ3n) is 3.81. The zero-order valence-electron chi connectivity index (χ0n) is 11.2. The Morgan fingerprint density at radius 2 is 2.00 bits per heavy atom. The highest BCUT2D eigenvalue weighted by Crippen LogP contribution is 2.40. The molecule has 0 fully saturated rings. The number of rotatable bonds is 2. The Morgan fingerprint density at radius 3 is 2.70 bits per heavy atom. The molecule has 0 bridgehead atoms. The molecule has 0 amide bonds. The van der Waals surface area contributed by atoms with Gasteiger partial charge in [0.1, 0.15) is 5.75 Å². The molecule has 20 heavy (non-hydrogen) atoms. The van der Waals surface area contributed by atoms with E-state index < -0.39 is 0 Å². The minimum absolute atomic E-state index is 0.372. The van der Waals surface area contributed by atoms with Gasteiger partial charge in [-0.1, -0.05) is 30.3 Å². The van der Waals surface area contributed by atoms with Gasteiger partial charge in [-0.25, -0.2) is 0 Å². The molecule has 0 radical (unpaired) electrons. The number of hydrogen-bond donors (Lipinski definition) is 1. The van der Waals surface area contributed by atoms with E-state index in [4.69, 9.17) is 15.7 Å². The average Bonchev–Trinajstić information content (AvgIpc) is 2.54. The second-order valence-electron chi connectivity index (χ2n) is 4.98. The van der Waals surface area contributed by atoms with E-state index in [1.54, 1.807) is 0 Å². The first-order valence-electron chi connectivity index (χ1n) is 6.80. The number of fused-ring (bicyclic) bond motifs is 1. The van der Waals surface area contributed by atoms with Crippen molar-refractivity contribution in [1.29, 1.82) is 5.26 Å². The van der Waals surface area contributed by atoms with Crippen molar-refractivity contribution < 1.29 is 4.74 Å². The minimum Gasteiger partial charge on any atom is -0.493 e. The van der Waals surface area contributed by atoms with Crippen LogP contribution in [0.4, 0.5) is 0 Å². The maximum atomic E-state index is 8.87. The lowest BCUT2D eigenvalue weighted by Gasteiger charge is -2.26. The Bertz CT molecular complexity index is 656. The second kappa shape index (κ2) is 5.36. The van der Waals surface area contributed by atoms with Gasteiger partial charge in [-0.05, 0) is 36.2 Å². The monoisotopic (exact) mass is 264 g/mol. The van der Waals surface area contributed by atoms with Gasteiger partial charge in [-0.2, -0.15) is 5.26 Å². The zero-order chi connectivity index (χ0) is 13.9. The number of nitriles is 1. The average molecular weight is 264 g/mol. The smallest absolute Gasteiger partial charge is 0.130 e. The minimum atomic E-state index is 0.372. The Kier molecular flexibility index (Phi) is 3.41. The third kappa shape index (κ3) is 2.15. The highest BCUT2D eigenvalue weighted by Gasteiger charge is 2.22. The second-order valence-corrected chi connectivity index (χ2v) is 4.98. The van der Waals surface area contributed by atoms with Crippen LogP contribution in [-0.2, 0) is 0 Å². The summed E-state index contributed by atoms with van der Waals surface area (Å²) in [6.07, 6.45) is 0.973. The summed E-state index contributed by atoms with van der Waals surface area (Å²) in [5.74, 6) is 1.32. The topological polar surface area (TPSA) is 59.0 Å². The van der Waals surface area contributed by atoms with Gasteiger partial charge in [-0.15, -0.1) is 0 Å². The molecule has 3 nitrogen and oxygen atoms in total. The summed E-state index contributed by atoms with van der Waals surface area (Å²) >= 11 is 0. The number of ether oxygens (including phenoxy) is 1. The fraction of sp³-hybridized carbons (Fsp3) is 0.235. The van der Waals surface area contributed by atoms with E-state index in [2.05, 4.69) is 18.2 Å². The Hall–Kier alpha value is -2.31. The number of para-hydroxylation sites is 1. The molecule has 1 heterocycles. The molecule has 1 atom stereocenters. The molecule has 0 aliphatic carbocycles. The molecule has 2 aromatic rings. The highest BCUT2D eigenvalue weighted by molar-refractivity contribution is 5.73. The summed E-state index contributed by atoms with van der Waals surface area (Å²) in [6, 6.07) is 15.9. The van der Waals surface area contributed by atoms with E-state index in [0.717, 1.165) is 23.3 Å². The van der Waals surface area contributed by atoms with Gasteiger partial charge in [0.25, 0.3) is 0 Å². The lowest BCUT2D eigenvalue weighted by Crippen LogP contribution is -2.21. The molecule has 0 aromatic heterocycles. The molecule has 0 spiro atoms. The molecule has 0 saturated carbocycles. The fourth-order valence-corrected chi connectivity index (χ4v) is 2.69. The van der Waals surface area contributed by atoms with Gasteiger partial charge < -0.3 is 10.5 Å². The predicted octanol–water partition coefficient (Wildman–Crippen LogP) is 3.05. The van der Waals surface area contributed by atoms with Crippen LogP contribution >= 0.6 is 0 Å². The van der Waals surface area contributed by atoms with Gasteiger partial charge in [-0.3, -0.25) is 0 Å². The van der Waals surface area contributed by atoms with Crippen molar-refractivity contribution in [2.45, 2.75) is 12.3 Å². The third-order valence-corrected chi connectivity index (χ3v) is 3.81. The highest BCUT2D eigenvalue weighted by atomic mass is 16.5. The quantitative estimate of drug-likeness (QED) is 0.907. The van der Waals surface area contributed by atoms with E-state index in [1.807, 2.05) is 30.3 Å². The molecular formula is C17H16N2O. The van der Waals surface area contributed by atoms with Crippen LogP contribution in [0.5, 0.6) is 5.75 Å². The molecule has 0 unspecified atom stereocenters. The maximum absolute atomic E-state index is 8.87. The van der Waals surface area contributed by atoms with Crippen molar-refractivity contribution in [2.75, 3.05) is 13.2 Å². The molecule has 1 aliphatic heterocycles. The van der Waals surface area contributed by atoms with Gasteiger partial charge in [0.15, 0.2) is 0 Å². The number of nitrogens with two attached hydrogens (primary N) is 1. The summed E-state index contributed by atoms with van der Waals surface area (Å²) in [5.41, 5.74) is 9.86. The van der Waals surface area contributed by atoms with Crippen LogP contribution in [0.3, 0.4) is 0 Å². The van der Waals surface area contributed by atoms with E-state index in [-0.39, 0.29) is 0 Å². The van der Waals surface area contributed by atoms with E-state index in [0.29, 0.717) is 24.6 Å². The van der Waals surface area contributed by atoms with E-state index in [9.17, 15) is 0 Å². The predicted molar refractivity (Wildman–Crippen MR) is 78.5 cm³/mol. The summed E-state index contributed by atoms with van der Waals surface area (Å²) < 4.78 is 5.88. The van der Waals surface area contributed by atoms with Crippen molar-refractivity contribution in [1.82, 2.24) is 0 Å². The first-order chi connectivity index (χ1) is 9.83. The van der Waals surface area contributed by atoms with Crippen molar-refractivity contribution >= 4 is 0 Å². The lowest BCUT2D eigenvalue weighted by molar-refractivity contribution is 0.270. The van der Waals surface area contributed by atoms with Crippen molar-refractivity contribution in [2.24, 2.45) is 5.73 Å². The lowest BCUT2D eigenvalue weighted by atomic mass is 9.89. The Balaban J connectivity index is 2.08. The Labute approximate surface area is 118 Å². The van der Waals surface area contributed by atoms with Crippen LogP contribution in [0.2, 0.25) is 0 Å². The molecule has 1 aliphatic rings. The molecular weight excluding hydrogens is 248 g/mol. The molecule has 3 heteroatoms. The summed E-state index contributed by atoms with van der Waals surface area (Å²) in [4.78, 5) is 0. The van der Waals surface area contributed by atoms with Crippen LogP contribution < -0.4 is 10.5 Å². The zero-order valence-corrected chi connectivity index (χ0v) is 11.2.